The molecule has 19 heavy (non-hydrogen) atoms. The zero-order valence-electron chi connectivity index (χ0n) is 12.0. The summed E-state index contributed by atoms with van der Waals surface area (Å²) < 4.78 is 0. The normalized spacial score (nSPS) is 21.3. The van der Waals surface area contributed by atoms with Crippen LogP contribution in [0.1, 0.15) is 41.3 Å². The van der Waals surface area contributed by atoms with Crippen molar-refractivity contribution in [3.05, 3.63) is 34.9 Å². The average molecular weight is 261 g/mol. The van der Waals surface area contributed by atoms with Gasteiger partial charge in [-0.25, -0.2) is 0 Å². The molecular formula is C16H23NO2. The van der Waals surface area contributed by atoms with Crippen molar-refractivity contribution in [3.8, 4) is 0 Å². The van der Waals surface area contributed by atoms with Gasteiger partial charge in [-0.2, -0.15) is 0 Å². The molecule has 1 aliphatic rings. The van der Waals surface area contributed by atoms with Crippen LogP contribution in [0.4, 0.5) is 0 Å². The van der Waals surface area contributed by atoms with Crippen LogP contribution in [0, 0.1) is 19.8 Å². The molecule has 1 N–H and O–H groups in total. The van der Waals surface area contributed by atoms with Gasteiger partial charge in [0.2, 0.25) is 0 Å². The van der Waals surface area contributed by atoms with E-state index in [1.165, 1.54) is 5.56 Å². The molecule has 0 saturated carbocycles. The summed E-state index contributed by atoms with van der Waals surface area (Å²) in [6.45, 7) is 7.36. The van der Waals surface area contributed by atoms with Gasteiger partial charge in [0.25, 0.3) is 5.91 Å². The Morgan fingerprint density at radius 3 is 2.74 bits per heavy atom. The summed E-state index contributed by atoms with van der Waals surface area (Å²) in [5.74, 6) is 0.303. The molecule has 0 aliphatic carbocycles. The van der Waals surface area contributed by atoms with E-state index in [1.54, 1.807) is 0 Å². The van der Waals surface area contributed by atoms with Gasteiger partial charge in [0.05, 0.1) is 6.10 Å². The van der Waals surface area contributed by atoms with E-state index in [1.807, 2.05) is 43.9 Å². The quantitative estimate of drug-likeness (QED) is 0.888. The predicted molar refractivity (Wildman–Crippen MR) is 76.2 cm³/mol. The molecular weight excluding hydrogens is 238 g/mol. The Bertz CT molecular complexity index is 468. The van der Waals surface area contributed by atoms with Gasteiger partial charge < -0.3 is 10.0 Å². The summed E-state index contributed by atoms with van der Waals surface area (Å²) in [7, 11) is 0. The summed E-state index contributed by atoms with van der Waals surface area (Å²) >= 11 is 0. The minimum Gasteiger partial charge on any atom is -0.393 e. The molecule has 1 aliphatic heterocycles. The Morgan fingerprint density at radius 2 is 2.11 bits per heavy atom. The number of likely N-dealkylation sites (tertiary alicyclic amines) is 1. The van der Waals surface area contributed by atoms with Crippen LogP contribution in [0.3, 0.4) is 0 Å². The summed E-state index contributed by atoms with van der Waals surface area (Å²) in [6.07, 6.45) is 1.65. The third-order valence-electron chi connectivity index (χ3n) is 4.18. The number of piperidine rings is 1. The Kier molecular flexibility index (Phi) is 4.25. The van der Waals surface area contributed by atoms with Crippen molar-refractivity contribution in [2.24, 2.45) is 5.92 Å². The van der Waals surface area contributed by atoms with Gasteiger partial charge in [-0.05, 0) is 56.9 Å². The molecule has 2 rings (SSSR count). The van der Waals surface area contributed by atoms with Crippen LogP contribution in [0.5, 0.6) is 0 Å². The van der Waals surface area contributed by atoms with E-state index in [-0.39, 0.29) is 17.9 Å². The zero-order valence-corrected chi connectivity index (χ0v) is 12.0. The fourth-order valence-electron chi connectivity index (χ4n) is 2.65. The number of hydrogen-bond acceptors (Lipinski definition) is 2. The topological polar surface area (TPSA) is 40.5 Å². The summed E-state index contributed by atoms with van der Waals surface area (Å²) in [6, 6.07) is 5.86. The Labute approximate surface area is 115 Å². The lowest BCUT2D eigenvalue weighted by Gasteiger charge is -2.34. The molecule has 1 aromatic carbocycles. The standard InChI is InChI=1S/C16H23NO2/c1-11-6-7-14(9-12(11)2)16(19)17-8-4-5-15(10-17)13(3)18/h6-7,9,13,15,18H,4-5,8,10H2,1-3H3. The van der Waals surface area contributed by atoms with E-state index >= 15 is 0 Å². The van der Waals surface area contributed by atoms with Crippen molar-refractivity contribution in [2.75, 3.05) is 13.1 Å². The first-order valence-corrected chi connectivity index (χ1v) is 7.03. The number of carbonyl (C=O) groups excluding carboxylic acids is 1. The van der Waals surface area contributed by atoms with Crippen LogP contribution in [-0.4, -0.2) is 35.1 Å². The lowest BCUT2D eigenvalue weighted by Crippen LogP contribution is -2.42. The monoisotopic (exact) mass is 261 g/mol. The SMILES string of the molecule is Cc1ccc(C(=O)N2CCCC(C(C)O)C2)cc1C. The Balaban J connectivity index is 2.12. The fourth-order valence-corrected chi connectivity index (χ4v) is 2.65. The van der Waals surface area contributed by atoms with E-state index in [9.17, 15) is 9.90 Å². The minimum absolute atomic E-state index is 0.0912. The molecule has 2 atom stereocenters. The lowest BCUT2D eigenvalue weighted by molar-refractivity contribution is 0.0466. The highest BCUT2D eigenvalue weighted by Crippen LogP contribution is 2.22. The van der Waals surface area contributed by atoms with Crippen molar-refractivity contribution in [3.63, 3.8) is 0 Å². The third-order valence-corrected chi connectivity index (χ3v) is 4.18. The van der Waals surface area contributed by atoms with Gasteiger partial charge in [-0.15, -0.1) is 0 Å². The van der Waals surface area contributed by atoms with Crippen molar-refractivity contribution < 1.29 is 9.90 Å². The Morgan fingerprint density at radius 1 is 1.37 bits per heavy atom. The highest BCUT2D eigenvalue weighted by Gasteiger charge is 2.27. The number of rotatable bonds is 2. The number of aliphatic hydroxyl groups is 1. The van der Waals surface area contributed by atoms with Crippen molar-refractivity contribution in [1.29, 1.82) is 0 Å². The molecule has 1 aromatic rings. The Hall–Kier alpha value is -1.35. The number of hydrogen-bond donors (Lipinski definition) is 1. The molecule has 0 radical (unpaired) electrons. The van der Waals surface area contributed by atoms with Gasteiger partial charge >= 0.3 is 0 Å². The van der Waals surface area contributed by atoms with Crippen molar-refractivity contribution >= 4 is 5.91 Å². The van der Waals surface area contributed by atoms with Gasteiger partial charge in [0.15, 0.2) is 0 Å². The number of amides is 1. The largest absolute Gasteiger partial charge is 0.393 e. The number of nitrogens with zero attached hydrogens (tertiary/aromatic N) is 1. The number of aryl methyl sites for hydroxylation is 2. The fraction of sp³-hybridized carbons (Fsp3) is 0.562. The molecule has 1 amide bonds. The smallest absolute Gasteiger partial charge is 0.253 e. The van der Waals surface area contributed by atoms with Gasteiger partial charge in [0, 0.05) is 24.6 Å². The molecule has 0 aromatic heterocycles. The zero-order chi connectivity index (χ0) is 14.0. The third kappa shape index (κ3) is 3.16. The number of benzene rings is 1. The molecule has 0 spiro atoms. The summed E-state index contributed by atoms with van der Waals surface area (Å²) in [5, 5.41) is 9.69. The van der Waals surface area contributed by atoms with Crippen LogP contribution >= 0.6 is 0 Å². The van der Waals surface area contributed by atoms with E-state index in [2.05, 4.69) is 0 Å². The molecule has 3 nitrogen and oxygen atoms in total. The maximum atomic E-state index is 12.5. The second kappa shape index (κ2) is 5.74. The lowest BCUT2D eigenvalue weighted by atomic mass is 9.93. The molecule has 3 heteroatoms. The number of carbonyl (C=O) groups is 1. The van der Waals surface area contributed by atoms with E-state index in [0.29, 0.717) is 6.54 Å². The highest BCUT2D eigenvalue weighted by atomic mass is 16.3. The van der Waals surface area contributed by atoms with Crippen molar-refractivity contribution in [2.45, 2.75) is 39.7 Å². The molecule has 1 heterocycles. The van der Waals surface area contributed by atoms with Crippen molar-refractivity contribution in [1.82, 2.24) is 4.90 Å². The van der Waals surface area contributed by atoms with Crippen LogP contribution in [-0.2, 0) is 0 Å². The number of aliphatic hydroxyl groups excluding tert-OH is 1. The van der Waals surface area contributed by atoms with Crippen LogP contribution in [0.25, 0.3) is 0 Å². The second-order valence-corrected chi connectivity index (χ2v) is 5.69. The van der Waals surface area contributed by atoms with Gasteiger partial charge in [0.1, 0.15) is 0 Å². The second-order valence-electron chi connectivity index (χ2n) is 5.69. The first kappa shape index (κ1) is 14.1. The van der Waals surface area contributed by atoms with Crippen LogP contribution < -0.4 is 0 Å². The summed E-state index contributed by atoms with van der Waals surface area (Å²) in [5.41, 5.74) is 3.11. The molecule has 2 unspecified atom stereocenters. The van der Waals surface area contributed by atoms with Crippen LogP contribution in [0.15, 0.2) is 18.2 Å². The first-order chi connectivity index (χ1) is 8.99. The highest BCUT2D eigenvalue weighted by molar-refractivity contribution is 5.94. The van der Waals surface area contributed by atoms with E-state index < -0.39 is 0 Å². The molecule has 1 saturated heterocycles. The van der Waals surface area contributed by atoms with Crippen LogP contribution in [0.2, 0.25) is 0 Å². The average Bonchev–Trinajstić information content (AvgIpc) is 2.41. The van der Waals surface area contributed by atoms with Gasteiger partial charge in [-0.1, -0.05) is 6.07 Å². The maximum absolute atomic E-state index is 12.5. The van der Waals surface area contributed by atoms with Gasteiger partial charge in [-0.3, -0.25) is 4.79 Å². The summed E-state index contributed by atoms with van der Waals surface area (Å²) in [4.78, 5) is 14.4. The maximum Gasteiger partial charge on any atom is 0.253 e. The van der Waals surface area contributed by atoms with E-state index in [4.69, 9.17) is 0 Å². The molecule has 1 fully saturated rings. The first-order valence-electron chi connectivity index (χ1n) is 7.03. The molecule has 0 bridgehead atoms. The minimum atomic E-state index is -0.338. The molecule has 104 valence electrons. The predicted octanol–water partition coefficient (Wildman–Crippen LogP) is 2.54. The van der Waals surface area contributed by atoms with E-state index in [0.717, 1.165) is 30.5 Å².